The maximum absolute atomic E-state index is 12.3. The summed E-state index contributed by atoms with van der Waals surface area (Å²) in [4.78, 5) is 12.1. The van der Waals surface area contributed by atoms with Gasteiger partial charge in [-0.1, -0.05) is 47.5 Å². The molecule has 0 saturated heterocycles. The van der Waals surface area contributed by atoms with Gasteiger partial charge in [-0.15, -0.1) is 0 Å². The quantitative estimate of drug-likeness (QED) is 0.917. The van der Waals surface area contributed by atoms with Crippen LogP contribution in [0.15, 0.2) is 42.5 Å². The van der Waals surface area contributed by atoms with Crippen molar-refractivity contribution in [1.82, 2.24) is 4.72 Å². The maximum atomic E-state index is 12.3. The molecule has 2 aromatic carbocycles. The van der Waals surface area contributed by atoms with Crippen molar-refractivity contribution in [3.63, 3.8) is 0 Å². The zero-order valence-electron chi connectivity index (χ0n) is 11.2. The van der Waals surface area contributed by atoms with E-state index in [4.69, 9.17) is 23.2 Å². The van der Waals surface area contributed by atoms with Gasteiger partial charge in [0.2, 0.25) is 10.0 Å². The van der Waals surface area contributed by atoms with Gasteiger partial charge >= 0.3 is 0 Å². The molecule has 0 bridgehead atoms. The second-order valence-electron chi connectivity index (χ2n) is 4.99. The molecule has 1 unspecified atom stereocenters. The average Bonchev–Trinajstić information content (AvgIpc) is 2.39. The number of benzene rings is 2. The van der Waals surface area contributed by atoms with Crippen LogP contribution in [0, 0.1) is 0 Å². The zero-order chi connectivity index (χ0) is 15.9. The lowest BCUT2D eigenvalue weighted by Crippen LogP contribution is -2.38. The molecule has 1 aliphatic carbocycles. The zero-order valence-corrected chi connectivity index (χ0v) is 13.5. The third-order valence-corrected chi connectivity index (χ3v) is 5.78. The van der Waals surface area contributed by atoms with E-state index >= 15 is 0 Å². The summed E-state index contributed by atoms with van der Waals surface area (Å²) >= 11 is 11.7. The molecule has 4 nitrogen and oxygen atoms in total. The summed E-state index contributed by atoms with van der Waals surface area (Å²) < 4.78 is 26.8. The Morgan fingerprint density at radius 2 is 1.86 bits per heavy atom. The minimum atomic E-state index is -3.80. The standard InChI is InChI=1S/C15H11Cl2NO3S/c16-10-5-6-12(13(17)8-10)15(19)18-22(20,21)14-7-9-3-1-2-4-11(9)14/h1-6,8,14H,7H2,(H,18,19). The van der Waals surface area contributed by atoms with E-state index in [-0.39, 0.29) is 10.6 Å². The van der Waals surface area contributed by atoms with E-state index in [1.807, 2.05) is 12.1 Å². The Bertz CT molecular complexity index is 865. The lowest BCUT2D eigenvalue weighted by molar-refractivity contribution is 0.0981. The van der Waals surface area contributed by atoms with Crippen LogP contribution in [0.1, 0.15) is 26.7 Å². The molecule has 0 aliphatic heterocycles. The third-order valence-electron chi connectivity index (χ3n) is 3.59. The van der Waals surface area contributed by atoms with Crippen molar-refractivity contribution in [2.24, 2.45) is 0 Å². The highest BCUT2D eigenvalue weighted by atomic mass is 35.5. The number of nitrogens with one attached hydrogen (secondary N) is 1. The minimum Gasteiger partial charge on any atom is -0.268 e. The fourth-order valence-corrected chi connectivity index (χ4v) is 4.39. The van der Waals surface area contributed by atoms with Crippen molar-refractivity contribution in [2.75, 3.05) is 0 Å². The topological polar surface area (TPSA) is 63.2 Å². The molecule has 7 heteroatoms. The van der Waals surface area contributed by atoms with Crippen LogP contribution in [0.2, 0.25) is 10.0 Å². The number of fused-ring (bicyclic) bond motifs is 1. The Hall–Kier alpha value is -1.56. The van der Waals surface area contributed by atoms with Crippen LogP contribution in [-0.2, 0) is 16.4 Å². The van der Waals surface area contributed by atoms with Crippen LogP contribution in [0.3, 0.4) is 0 Å². The van der Waals surface area contributed by atoms with E-state index in [9.17, 15) is 13.2 Å². The van der Waals surface area contributed by atoms with Gasteiger partial charge in [-0.3, -0.25) is 4.79 Å². The third kappa shape index (κ3) is 2.72. The average molecular weight is 356 g/mol. The van der Waals surface area contributed by atoms with Gasteiger partial charge in [-0.2, -0.15) is 0 Å². The molecular weight excluding hydrogens is 345 g/mol. The number of rotatable bonds is 3. The number of hydrogen-bond acceptors (Lipinski definition) is 3. The van der Waals surface area contributed by atoms with E-state index in [2.05, 4.69) is 4.72 Å². The van der Waals surface area contributed by atoms with Crippen molar-refractivity contribution in [2.45, 2.75) is 11.7 Å². The highest BCUT2D eigenvalue weighted by molar-refractivity contribution is 7.90. The first-order chi connectivity index (χ1) is 10.4. The van der Waals surface area contributed by atoms with Crippen molar-refractivity contribution in [3.8, 4) is 0 Å². The van der Waals surface area contributed by atoms with Crippen LogP contribution < -0.4 is 4.72 Å². The first-order valence-corrected chi connectivity index (χ1v) is 8.77. The lowest BCUT2D eigenvalue weighted by Gasteiger charge is -2.29. The predicted octanol–water partition coefficient (Wildman–Crippen LogP) is 3.35. The second kappa shape index (κ2) is 5.57. The predicted molar refractivity (Wildman–Crippen MR) is 85.7 cm³/mol. The number of carbonyl (C=O) groups excluding carboxylic acids is 1. The molecule has 1 amide bonds. The Kier molecular flexibility index (Phi) is 3.89. The Morgan fingerprint density at radius 1 is 1.14 bits per heavy atom. The normalized spacial score (nSPS) is 16.5. The van der Waals surface area contributed by atoms with Gasteiger partial charge in [-0.25, -0.2) is 13.1 Å². The van der Waals surface area contributed by atoms with Gasteiger partial charge in [0.1, 0.15) is 5.25 Å². The van der Waals surface area contributed by atoms with Gasteiger partial charge in [0, 0.05) is 5.02 Å². The van der Waals surface area contributed by atoms with E-state index in [1.165, 1.54) is 18.2 Å². The molecule has 0 radical (unpaired) electrons. The van der Waals surface area contributed by atoms with Gasteiger partial charge in [0.15, 0.2) is 0 Å². The summed E-state index contributed by atoms with van der Waals surface area (Å²) in [6, 6.07) is 11.5. The number of amides is 1. The molecule has 0 aromatic heterocycles. The van der Waals surface area contributed by atoms with Gasteiger partial charge in [0.05, 0.1) is 10.6 Å². The fourth-order valence-electron chi connectivity index (χ4n) is 2.42. The molecule has 3 rings (SSSR count). The summed E-state index contributed by atoms with van der Waals surface area (Å²) in [6.07, 6.45) is 0.396. The fraction of sp³-hybridized carbons (Fsp3) is 0.133. The number of halogens is 2. The molecule has 1 atom stereocenters. The molecule has 2 aromatic rings. The smallest absolute Gasteiger partial charge is 0.266 e. The summed E-state index contributed by atoms with van der Waals surface area (Å²) in [5.41, 5.74) is 1.78. The van der Waals surface area contributed by atoms with Crippen molar-refractivity contribution < 1.29 is 13.2 Å². The molecule has 1 aliphatic rings. The molecule has 22 heavy (non-hydrogen) atoms. The highest BCUT2D eigenvalue weighted by Crippen LogP contribution is 2.38. The molecule has 0 fully saturated rings. The van der Waals surface area contributed by atoms with E-state index in [1.54, 1.807) is 12.1 Å². The van der Waals surface area contributed by atoms with Gasteiger partial charge in [0.25, 0.3) is 5.91 Å². The van der Waals surface area contributed by atoms with Crippen LogP contribution >= 0.6 is 23.2 Å². The molecule has 1 N–H and O–H groups in total. The Morgan fingerprint density at radius 3 is 2.55 bits per heavy atom. The Labute approximate surface area is 138 Å². The van der Waals surface area contributed by atoms with Gasteiger partial charge < -0.3 is 0 Å². The first kappa shape index (κ1) is 15.3. The number of carbonyl (C=O) groups is 1. The highest BCUT2D eigenvalue weighted by Gasteiger charge is 2.37. The summed E-state index contributed by atoms with van der Waals surface area (Å²) in [5.74, 6) is -0.758. The molecule has 0 spiro atoms. The first-order valence-electron chi connectivity index (χ1n) is 6.47. The number of sulfonamides is 1. The molecular formula is C15H11Cl2NO3S. The summed E-state index contributed by atoms with van der Waals surface area (Å²) in [7, 11) is -3.80. The minimum absolute atomic E-state index is 0.0715. The van der Waals surface area contributed by atoms with Crippen molar-refractivity contribution in [3.05, 3.63) is 69.2 Å². The number of hydrogen-bond donors (Lipinski definition) is 1. The maximum Gasteiger partial charge on any atom is 0.266 e. The van der Waals surface area contributed by atoms with E-state index < -0.39 is 21.2 Å². The molecule has 0 heterocycles. The lowest BCUT2D eigenvalue weighted by atomic mass is 9.88. The van der Waals surface area contributed by atoms with Crippen molar-refractivity contribution >= 4 is 39.1 Å². The summed E-state index contributed by atoms with van der Waals surface area (Å²) in [6.45, 7) is 0. The monoisotopic (exact) mass is 355 g/mol. The van der Waals surface area contributed by atoms with Crippen LogP contribution in [-0.4, -0.2) is 14.3 Å². The van der Waals surface area contributed by atoms with Crippen LogP contribution in [0.5, 0.6) is 0 Å². The van der Waals surface area contributed by atoms with E-state index in [0.29, 0.717) is 11.4 Å². The van der Waals surface area contributed by atoms with E-state index in [0.717, 1.165) is 11.1 Å². The molecule has 114 valence electrons. The Balaban J connectivity index is 1.82. The van der Waals surface area contributed by atoms with Gasteiger partial charge in [-0.05, 0) is 35.7 Å². The van der Waals surface area contributed by atoms with Crippen LogP contribution in [0.4, 0.5) is 0 Å². The second-order valence-corrected chi connectivity index (χ2v) is 7.70. The molecule has 0 saturated carbocycles. The van der Waals surface area contributed by atoms with Crippen LogP contribution in [0.25, 0.3) is 0 Å². The van der Waals surface area contributed by atoms with Crippen molar-refractivity contribution in [1.29, 1.82) is 0 Å². The summed E-state index contributed by atoms with van der Waals surface area (Å²) in [5, 5.41) is -0.231. The SMILES string of the molecule is O=C(NS(=O)(=O)C1Cc2ccccc21)c1ccc(Cl)cc1Cl. The largest absolute Gasteiger partial charge is 0.268 e.